The van der Waals surface area contributed by atoms with Gasteiger partial charge >= 0.3 is 0 Å². The van der Waals surface area contributed by atoms with Gasteiger partial charge in [0.15, 0.2) is 9.84 Å². The molecular weight excluding hydrogens is 230 g/mol. The average Bonchev–Trinajstić information content (AvgIpc) is 2.61. The van der Waals surface area contributed by atoms with Gasteiger partial charge in [0, 0.05) is 11.8 Å². The fraction of sp³-hybridized carbons (Fsp3) is 1.00. The van der Waals surface area contributed by atoms with Crippen molar-refractivity contribution in [3.8, 4) is 0 Å². The van der Waals surface area contributed by atoms with Gasteiger partial charge in [-0.15, -0.1) is 0 Å². The Balaban J connectivity index is 2.43. The summed E-state index contributed by atoms with van der Waals surface area (Å²) in [5.41, 5.74) is 0. The Morgan fingerprint density at radius 1 is 1.40 bits per heavy atom. The molecule has 2 unspecified atom stereocenters. The van der Waals surface area contributed by atoms with E-state index in [1.807, 2.05) is 18.8 Å². The Kier molecular flexibility index (Phi) is 4.93. The largest absolute Gasteiger partial charge is 0.316 e. The van der Waals surface area contributed by atoms with Crippen LogP contribution in [-0.4, -0.2) is 44.0 Å². The lowest BCUT2D eigenvalue weighted by Crippen LogP contribution is -2.33. The Bertz CT molecular complexity index is 288. The molecule has 0 saturated carbocycles. The number of hydrogen-bond acceptors (Lipinski definition) is 4. The molecule has 0 aliphatic carbocycles. The van der Waals surface area contributed by atoms with E-state index < -0.39 is 9.84 Å². The molecule has 0 spiro atoms. The van der Waals surface area contributed by atoms with Crippen molar-refractivity contribution in [3.05, 3.63) is 0 Å². The third-order valence-corrected chi connectivity index (χ3v) is 6.56. The lowest BCUT2D eigenvalue weighted by atomic mass is 10.0. The zero-order valence-corrected chi connectivity index (χ0v) is 11.3. The van der Waals surface area contributed by atoms with Gasteiger partial charge in [-0.3, -0.25) is 0 Å². The highest BCUT2D eigenvalue weighted by atomic mass is 32.2. The van der Waals surface area contributed by atoms with Gasteiger partial charge in [-0.25, -0.2) is 8.42 Å². The van der Waals surface area contributed by atoms with E-state index in [2.05, 4.69) is 5.32 Å². The van der Waals surface area contributed by atoms with E-state index in [9.17, 15) is 8.42 Å². The molecule has 0 bridgehead atoms. The topological polar surface area (TPSA) is 46.2 Å². The fourth-order valence-electron chi connectivity index (χ4n) is 1.75. The van der Waals surface area contributed by atoms with Crippen molar-refractivity contribution in [1.29, 1.82) is 0 Å². The molecule has 0 amide bonds. The third-order valence-electron chi connectivity index (χ3n) is 3.06. The second kappa shape index (κ2) is 5.55. The second-order valence-electron chi connectivity index (χ2n) is 4.40. The van der Waals surface area contributed by atoms with Gasteiger partial charge in [0.25, 0.3) is 0 Å². The molecule has 2 atom stereocenters. The van der Waals surface area contributed by atoms with Crippen LogP contribution in [0.25, 0.3) is 0 Å². The first-order valence-electron chi connectivity index (χ1n) is 5.44. The van der Waals surface area contributed by atoms with Gasteiger partial charge in [-0.2, -0.15) is 11.8 Å². The number of thioether (sulfide) groups is 1. The van der Waals surface area contributed by atoms with Crippen LogP contribution in [0.4, 0.5) is 0 Å². The van der Waals surface area contributed by atoms with E-state index in [4.69, 9.17) is 0 Å². The first-order valence-corrected chi connectivity index (χ1v) is 8.31. The van der Waals surface area contributed by atoms with E-state index in [-0.39, 0.29) is 5.25 Å². The van der Waals surface area contributed by atoms with E-state index in [0.29, 0.717) is 17.7 Å². The number of hydrogen-bond donors (Lipinski definition) is 1. The lowest BCUT2D eigenvalue weighted by Gasteiger charge is -2.18. The summed E-state index contributed by atoms with van der Waals surface area (Å²) in [4.78, 5) is 0. The van der Waals surface area contributed by atoms with Crippen LogP contribution in [0.1, 0.15) is 20.3 Å². The van der Waals surface area contributed by atoms with Crippen molar-refractivity contribution >= 4 is 21.6 Å². The van der Waals surface area contributed by atoms with E-state index >= 15 is 0 Å². The summed E-state index contributed by atoms with van der Waals surface area (Å²) >= 11 is 1.92. The van der Waals surface area contributed by atoms with Crippen molar-refractivity contribution in [2.24, 2.45) is 5.92 Å². The van der Waals surface area contributed by atoms with Crippen LogP contribution >= 0.6 is 11.8 Å². The quantitative estimate of drug-likeness (QED) is 0.796. The summed E-state index contributed by atoms with van der Waals surface area (Å²) in [6.07, 6.45) is 0.805. The highest BCUT2D eigenvalue weighted by Gasteiger charge is 2.28. The number of rotatable bonds is 5. The summed E-state index contributed by atoms with van der Waals surface area (Å²) in [5, 5.41) is 3.03. The van der Waals surface area contributed by atoms with Gasteiger partial charge in [0.05, 0.1) is 11.0 Å². The molecule has 90 valence electrons. The van der Waals surface area contributed by atoms with Crippen LogP contribution in [0.2, 0.25) is 0 Å². The molecule has 5 heteroatoms. The maximum absolute atomic E-state index is 11.7. The van der Waals surface area contributed by atoms with Crippen LogP contribution in [0.5, 0.6) is 0 Å². The van der Waals surface area contributed by atoms with Crippen LogP contribution in [-0.2, 0) is 9.84 Å². The van der Waals surface area contributed by atoms with Crippen LogP contribution in [0, 0.1) is 5.92 Å². The van der Waals surface area contributed by atoms with Crippen molar-refractivity contribution in [3.63, 3.8) is 0 Å². The molecule has 0 aromatic rings. The minimum atomic E-state index is -2.85. The molecule has 0 aromatic carbocycles. The molecular formula is C10H21NO2S2. The Morgan fingerprint density at radius 3 is 2.60 bits per heavy atom. The summed E-state index contributed by atoms with van der Waals surface area (Å²) in [7, 11) is -0.896. The van der Waals surface area contributed by atoms with Gasteiger partial charge < -0.3 is 5.32 Å². The summed E-state index contributed by atoms with van der Waals surface area (Å²) in [6, 6.07) is 0.498. The van der Waals surface area contributed by atoms with Gasteiger partial charge in [0.2, 0.25) is 0 Å². The summed E-state index contributed by atoms with van der Waals surface area (Å²) in [5.74, 6) is 3.07. The van der Waals surface area contributed by atoms with Crippen molar-refractivity contribution < 1.29 is 8.42 Å². The van der Waals surface area contributed by atoms with Crippen LogP contribution < -0.4 is 5.32 Å². The van der Waals surface area contributed by atoms with Crippen LogP contribution in [0.15, 0.2) is 0 Å². The SMILES string of the molecule is CNC1CSCC1CCS(=O)(=O)C(C)C. The average molecular weight is 251 g/mol. The lowest BCUT2D eigenvalue weighted by molar-refractivity contribution is 0.442. The Labute approximate surface area is 97.3 Å². The van der Waals surface area contributed by atoms with Gasteiger partial charge in [-0.05, 0) is 39.0 Å². The molecule has 1 aliphatic rings. The Morgan fingerprint density at radius 2 is 2.07 bits per heavy atom. The minimum Gasteiger partial charge on any atom is -0.316 e. The molecule has 1 fully saturated rings. The fourth-order valence-corrected chi connectivity index (χ4v) is 4.39. The molecule has 1 aliphatic heterocycles. The molecule has 0 radical (unpaired) electrons. The summed E-state index contributed by atoms with van der Waals surface area (Å²) in [6.45, 7) is 3.52. The normalized spacial score (nSPS) is 27.5. The zero-order valence-electron chi connectivity index (χ0n) is 9.69. The maximum Gasteiger partial charge on any atom is 0.152 e. The molecule has 15 heavy (non-hydrogen) atoms. The van der Waals surface area contributed by atoms with Gasteiger partial charge in [0.1, 0.15) is 0 Å². The predicted molar refractivity (Wildman–Crippen MR) is 67.2 cm³/mol. The smallest absolute Gasteiger partial charge is 0.152 e. The molecule has 1 rings (SSSR count). The van der Waals surface area contributed by atoms with Crippen molar-refractivity contribution in [1.82, 2.24) is 5.32 Å². The van der Waals surface area contributed by atoms with Crippen molar-refractivity contribution in [2.45, 2.75) is 31.6 Å². The van der Waals surface area contributed by atoms with E-state index in [1.165, 1.54) is 0 Å². The molecule has 1 heterocycles. The Hall–Kier alpha value is 0.260. The number of nitrogens with one attached hydrogen (secondary N) is 1. The first kappa shape index (κ1) is 13.3. The predicted octanol–water partition coefficient (Wildman–Crippen LogP) is 1.15. The zero-order chi connectivity index (χ0) is 11.5. The summed E-state index contributed by atoms with van der Waals surface area (Å²) < 4.78 is 23.3. The third kappa shape index (κ3) is 3.64. The first-order chi connectivity index (χ1) is 6.97. The van der Waals surface area contributed by atoms with Gasteiger partial charge in [-0.1, -0.05) is 0 Å². The molecule has 1 saturated heterocycles. The second-order valence-corrected chi connectivity index (χ2v) is 8.15. The number of sulfone groups is 1. The highest BCUT2D eigenvalue weighted by Crippen LogP contribution is 2.27. The molecule has 0 aromatic heterocycles. The maximum atomic E-state index is 11.7. The van der Waals surface area contributed by atoms with E-state index in [1.54, 1.807) is 13.8 Å². The standard InChI is InChI=1S/C10H21NO2S2/c1-8(2)15(12,13)5-4-9-6-14-7-10(9)11-3/h8-11H,4-7H2,1-3H3. The monoisotopic (exact) mass is 251 g/mol. The highest BCUT2D eigenvalue weighted by molar-refractivity contribution is 7.99. The van der Waals surface area contributed by atoms with E-state index in [0.717, 1.165) is 17.9 Å². The molecule has 3 nitrogen and oxygen atoms in total. The van der Waals surface area contributed by atoms with Crippen molar-refractivity contribution in [2.75, 3.05) is 24.3 Å². The van der Waals surface area contributed by atoms with Crippen LogP contribution in [0.3, 0.4) is 0 Å². The molecule has 1 N–H and O–H groups in total. The minimum absolute atomic E-state index is 0.236.